The van der Waals surface area contributed by atoms with E-state index in [0.29, 0.717) is 6.42 Å². The number of carbonyl (C=O) groups is 1. The first-order valence-electron chi connectivity index (χ1n) is 4.98. The van der Waals surface area contributed by atoms with Crippen molar-refractivity contribution in [2.75, 3.05) is 0 Å². The highest BCUT2D eigenvalue weighted by Crippen LogP contribution is 2.18. The second-order valence-corrected chi connectivity index (χ2v) is 4.05. The average molecular weight is 208 g/mol. The maximum atomic E-state index is 10.4. The first kappa shape index (κ1) is 11.7. The Morgan fingerprint density at radius 1 is 1.33 bits per heavy atom. The number of rotatable bonds is 5. The van der Waals surface area contributed by atoms with Crippen LogP contribution in [0.4, 0.5) is 0 Å². The second-order valence-electron chi connectivity index (χ2n) is 4.05. The van der Waals surface area contributed by atoms with Crippen LogP contribution in [0.25, 0.3) is 0 Å². The molecule has 0 heterocycles. The highest BCUT2D eigenvalue weighted by atomic mass is 16.4. The molecule has 0 amide bonds. The Hall–Kier alpha value is -1.35. The van der Waals surface area contributed by atoms with Crippen LogP contribution in [0.15, 0.2) is 30.3 Å². The number of hydrogen-bond acceptors (Lipinski definition) is 2. The maximum absolute atomic E-state index is 10.4. The third-order valence-corrected chi connectivity index (χ3v) is 2.31. The lowest BCUT2D eigenvalue weighted by atomic mass is 9.92. The van der Waals surface area contributed by atoms with E-state index in [-0.39, 0.29) is 12.8 Å². The van der Waals surface area contributed by atoms with E-state index in [1.807, 2.05) is 30.3 Å². The zero-order valence-electron chi connectivity index (χ0n) is 8.81. The van der Waals surface area contributed by atoms with E-state index in [2.05, 4.69) is 0 Å². The van der Waals surface area contributed by atoms with E-state index in [0.717, 1.165) is 5.56 Å². The Labute approximate surface area is 89.4 Å². The number of aliphatic hydroxyl groups is 1. The molecule has 0 radical (unpaired) electrons. The lowest BCUT2D eigenvalue weighted by Gasteiger charge is -2.22. The molecule has 2 N–H and O–H groups in total. The van der Waals surface area contributed by atoms with E-state index < -0.39 is 11.6 Å². The largest absolute Gasteiger partial charge is 0.481 e. The molecule has 0 aliphatic carbocycles. The van der Waals surface area contributed by atoms with Crippen LogP contribution in [0.1, 0.15) is 25.3 Å². The standard InChI is InChI=1S/C12H16O3/c1-12(15,8-7-11(13)14)9-10-5-3-2-4-6-10/h2-6,15H,7-9H2,1H3,(H,13,14). The molecule has 82 valence electrons. The molecule has 15 heavy (non-hydrogen) atoms. The van der Waals surface area contributed by atoms with Gasteiger partial charge in [0.2, 0.25) is 0 Å². The Morgan fingerprint density at radius 3 is 2.47 bits per heavy atom. The molecule has 0 fully saturated rings. The molecule has 1 aromatic carbocycles. The van der Waals surface area contributed by atoms with Crippen molar-refractivity contribution in [1.82, 2.24) is 0 Å². The molecule has 0 saturated heterocycles. The Morgan fingerprint density at radius 2 is 1.93 bits per heavy atom. The predicted molar refractivity (Wildman–Crippen MR) is 57.6 cm³/mol. The van der Waals surface area contributed by atoms with Gasteiger partial charge in [0.05, 0.1) is 5.60 Å². The molecular weight excluding hydrogens is 192 g/mol. The summed E-state index contributed by atoms with van der Waals surface area (Å²) in [7, 11) is 0. The minimum Gasteiger partial charge on any atom is -0.481 e. The van der Waals surface area contributed by atoms with Crippen LogP contribution in [0.3, 0.4) is 0 Å². The Bertz CT molecular complexity index is 317. The smallest absolute Gasteiger partial charge is 0.303 e. The minimum absolute atomic E-state index is 0.000165. The summed E-state index contributed by atoms with van der Waals surface area (Å²) >= 11 is 0. The first-order valence-corrected chi connectivity index (χ1v) is 4.98. The fourth-order valence-corrected chi connectivity index (χ4v) is 1.50. The molecule has 0 saturated carbocycles. The number of aliphatic carboxylic acids is 1. The van der Waals surface area contributed by atoms with Crippen LogP contribution in [-0.4, -0.2) is 21.8 Å². The lowest BCUT2D eigenvalue weighted by Crippen LogP contribution is -2.28. The van der Waals surface area contributed by atoms with Gasteiger partial charge in [0, 0.05) is 12.8 Å². The molecule has 0 aliphatic heterocycles. The van der Waals surface area contributed by atoms with Gasteiger partial charge < -0.3 is 10.2 Å². The zero-order chi connectivity index (χ0) is 11.3. The van der Waals surface area contributed by atoms with Gasteiger partial charge in [-0.2, -0.15) is 0 Å². The molecular formula is C12H16O3. The molecule has 1 rings (SSSR count). The van der Waals surface area contributed by atoms with Crippen LogP contribution in [0.5, 0.6) is 0 Å². The van der Waals surface area contributed by atoms with Gasteiger partial charge in [-0.15, -0.1) is 0 Å². The van der Waals surface area contributed by atoms with E-state index in [4.69, 9.17) is 5.11 Å². The predicted octanol–water partition coefficient (Wildman–Crippen LogP) is 1.84. The van der Waals surface area contributed by atoms with Gasteiger partial charge in [0.15, 0.2) is 0 Å². The summed E-state index contributed by atoms with van der Waals surface area (Å²) in [5, 5.41) is 18.5. The lowest BCUT2D eigenvalue weighted by molar-refractivity contribution is -0.138. The number of carboxylic acid groups (broad SMARTS) is 1. The number of hydrogen-bond donors (Lipinski definition) is 2. The normalized spacial score (nSPS) is 14.5. The highest BCUT2D eigenvalue weighted by Gasteiger charge is 2.21. The summed E-state index contributed by atoms with van der Waals surface area (Å²) in [4.78, 5) is 10.4. The zero-order valence-corrected chi connectivity index (χ0v) is 8.81. The number of carboxylic acids is 1. The van der Waals surface area contributed by atoms with E-state index in [1.54, 1.807) is 6.92 Å². The van der Waals surface area contributed by atoms with Crippen molar-refractivity contribution in [2.24, 2.45) is 0 Å². The van der Waals surface area contributed by atoms with Crippen LogP contribution in [-0.2, 0) is 11.2 Å². The van der Waals surface area contributed by atoms with E-state index in [1.165, 1.54) is 0 Å². The molecule has 1 atom stereocenters. The molecule has 0 aliphatic rings. The minimum atomic E-state index is -0.945. The molecule has 0 bridgehead atoms. The quantitative estimate of drug-likeness (QED) is 0.776. The molecule has 3 heteroatoms. The van der Waals surface area contributed by atoms with Crippen LogP contribution in [0.2, 0.25) is 0 Å². The van der Waals surface area contributed by atoms with Crippen LogP contribution in [0, 0.1) is 0 Å². The Balaban J connectivity index is 2.52. The maximum Gasteiger partial charge on any atom is 0.303 e. The summed E-state index contributed by atoms with van der Waals surface area (Å²) in [6.45, 7) is 1.67. The highest BCUT2D eigenvalue weighted by molar-refractivity contribution is 5.66. The first-order chi connectivity index (χ1) is 6.99. The molecule has 1 aromatic rings. The van der Waals surface area contributed by atoms with Crippen molar-refractivity contribution in [3.63, 3.8) is 0 Å². The third-order valence-electron chi connectivity index (χ3n) is 2.31. The monoisotopic (exact) mass is 208 g/mol. The molecule has 0 aromatic heterocycles. The average Bonchev–Trinajstić information content (AvgIpc) is 2.16. The van der Waals surface area contributed by atoms with Crippen molar-refractivity contribution in [3.8, 4) is 0 Å². The fourth-order valence-electron chi connectivity index (χ4n) is 1.50. The van der Waals surface area contributed by atoms with Gasteiger partial charge in [0.1, 0.15) is 0 Å². The van der Waals surface area contributed by atoms with Gasteiger partial charge in [-0.25, -0.2) is 0 Å². The van der Waals surface area contributed by atoms with E-state index >= 15 is 0 Å². The molecule has 0 spiro atoms. The summed E-state index contributed by atoms with van der Waals surface area (Å²) in [6.07, 6.45) is 0.762. The third kappa shape index (κ3) is 4.61. The molecule has 3 nitrogen and oxygen atoms in total. The van der Waals surface area contributed by atoms with Gasteiger partial charge in [-0.1, -0.05) is 30.3 Å². The van der Waals surface area contributed by atoms with Crippen LogP contribution >= 0.6 is 0 Å². The van der Waals surface area contributed by atoms with E-state index in [9.17, 15) is 9.90 Å². The van der Waals surface area contributed by atoms with Gasteiger partial charge in [-0.3, -0.25) is 4.79 Å². The van der Waals surface area contributed by atoms with Crippen molar-refractivity contribution in [3.05, 3.63) is 35.9 Å². The van der Waals surface area contributed by atoms with Crippen molar-refractivity contribution in [1.29, 1.82) is 0 Å². The summed E-state index contributed by atoms with van der Waals surface area (Å²) in [5.41, 5.74) is 0.0765. The van der Waals surface area contributed by atoms with Crippen LogP contribution < -0.4 is 0 Å². The van der Waals surface area contributed by atoms with Crippen molar-refractivity contribution >= 4 is 5.97 Å². The van der Waals surface area contributed by atoms with Gasteiger partial charge in [0.25, 0.3) is 0 Å². The van der Waals surface area contributed by atoms with Gasteiger partial charge >= 0.3 is 5.97 Å². The SMILES string of the molecule is CC(O)(CCC(=O)O)Cc1ccccc1. The Kier molecular flexibility index (Phi) is 3.86. The number of benzene rings is 1. The molecule has 1 unspecified atom stereocenters. The van der Waals surface area contributed by atoms with Crippen molar-refractivity contribution in [2.45, 2.75) is 31.8 Å². The topological polar surface area (TPSA) is 57.5 Å². The van der Waals surface area contributed by atoms with Crippen molar-refractivity contribution < 1.29 is 15.0 Å². The fraction of sp³-hybridized carbons (Fsp3) is 0.417. The second kappa shape index (κ2) is 4.94. The summed E-state index contributed by atoms with van der Waals surface area (Å²) in [6, 6.07) is 9.57. The summed E-state index contributed by atoms with van der Waals surface area (Å²) < 4.78 is 0. The van der Waals surface area contributed by atoms with Gasteiger partial charge in [-0.05, 0) is 18.9 Å². The summed E-state index contributed by atoms with van der Waals surface area (Å²) in [5.74, 6) is -0.872.